The molecule has 0 amide bonds. The highest BCUT2D eigenvalue weighted by molar-refractivity contribution is 5.65. The quantitative estimate of drug-likeness (QED) is 0.0953. The van der Waals surface area contributed by atoms with Crippen LogP contribution in [-0.4, -0.2) is 14.2 Å². The monoisotopic (exact) mass is 1700 g/mol. The summed E-state index contributed by atoms with van der Waals surface area (Å²) in [5.41, 5.74) is 22.3. The van der Waals surface area contributed by atoms with Crippen LogP contribution in [0.5, 0.6) is 11.5 Å². The van der Waals surface area contributed by atoms with Crippen molar-refractivity contribution in [3.05, 3.63) is 310 Å². The molecule has 2 nitrogen and oxygen atoms in total. The van der Waals surface area contributed by atoms with E-state index in [4.69, 9.17) is 9.47 Å². The van der Waals surface area contributed by atoms with Crippen LogP contribution in [0.25, 0.3) is 22.3 Å². The van der Waals surface area contributed by atoms with Crippen LogP contribution < -0.4 is 9.47 Å². The molecule has 0 unspecified atom stereocenters. The molecule has 0 atom stereocenters. The Kier molecular flexibility index (Phi) is 39.9. The van der Waals surface area contributed by atoms with E-state index in [1.165, 1.54) is 298 Å². The Labute approximate surface area is 776 Å². The molecule has 9 aliphatic rings. The second-order valence-corrected chi connectivity index (χ2v) is 42.3. The van der Waals surface area contributed by atoms with Crippen LogP contribution in [0.1, 0.15) is 355 Å². The van der Waals surface area contributed by atoms with Crippen molar-refractivity contribution in [1.29, 1.82) is 0 Å². The van der Waals surface area contributed by atoms with Crippen molar-refractivity contribution in [3.63, 3.8) is 0 Å². The number of hydrogen-bond acceptors (Lipinski definition) is 2. The normalized spacial score (nSPS) is 27.7. The number of aryl methyl sites for hydroxylation is 7. The standard InChI is InChI=1S/C22H32.C21H30.2C20H30.C14H20O.C14H14O.C14H14/c1-3-4-18-7-11-20(12-8-18)22-15-13-21(14-16-22)19-9-5-17(2)6-10-19;1-3-17-6-10-19(11-7-17)21-14-12-20(13-15-21)18-8-4-16(2)5-9-18;2*1-15-3-7-17(8-4-15)19-11-13-20(14-12-19)18-9-5-16(2)6-10-18;2*1-11-3-5-12(6-4-11)13-7-9-14(15-2)10-8-13;1-11-3-7-13(8-4-11)14-9-5-12(2)6-10-14/h3-6,9-10,18,20-22H,7-8,11-16H2,1-2H3;3-5,8-9,17,19-21H,1,6-7,10-15H2,2H3;2*3-4,7-8,16,18-20H,5-6,9-14H2,1-2H3;7-12H,3-6H2,1-2H3;3-10H,1-2H3;3-10H,1-2H3. The van der Waals surface area contributed by atoms with Gasteiger partial charge in [-0.2, -0.15) is 0 Å². The maximum absolute atomic E-state index is 5.17. The van der Waals surface area contributed by atoms with E-state index in [0.717, 1.165) is 118 Å². The molecule has 0 aliphatic heterocycles. The smallest absolute Gasteiger partial charge is 0.118 e. The number of ether oxygens (including phenoxy) is 2. The van der Waals surface area contributed by atoms with Gasteiger partial charge in [-0.15, -0.1) is 6.58 Å². The summed E-state index contributed by atoms with van der Waals surface area (Å²) in [7, 11) is 3.40. The molecule has 682 valence electrons. The van der Waals surface area contributed by atoms with Crippen LogP contribution in [0.15, 0.2) is 243 Å². The highest BCUT2D eigenvalue weighted by Gasteiger charge is 2.35. The van der Waals surface area contributed by atoms with Crippen molar-refractivity contribution in [2.24, 2.45) is 76.9 Å². The number of hydrogen-bond donors (Lipinski definition) is 0. The highest BCUT2D eigenvalue weighted by atomic mass is 16.5. The molecule has 0 bridgehead atoms. The van der Waals surface area contributed by atoms with Gasteiger partial charge in [0.15, 0.2) is 0 Å². The van der Waals surface area contributed by atoms with E-state index >= 15 is 0 Å². The lowest BCUT2D eigenvalue weighted by Gasteiger charge is -2.37. The maximum atomic E-state index is 5.17. The average Bonchev–Trinajstić information content (AvgIpc) is 0.835. The van der Waals surface area contributed by atoms with E-state index in [0.29, 0.717) is 0 Å². The molecular weight excluding hydrogens is 1530 g/mol. The van der Waals surface area contributed by atoms with Crippen molar-refractivity contribution >= 4 is 0 Å². The van der Waals surface area contributed by atoms with Crippen molar-refractivity contribution in [3.8, 4) is 33.8 Å². The summed E-state index contributed by atoms with van der Waals surface area (Å²) in [4.78, 5) is 0. The Morgan fingerprint density at radius 3 is 0.591 bits per heavy atom. The van der Waals surface area contributed by atoms with E-state index in [9.17, 15) is 0 Å². The van der Waals surface area contributed by atoms with Crippen LogP contribution in [0, 0.1) is 125 Å². The molecule has 18 rings (SSSR count). The molecule has 9 saturated carbocycles. The molecule has 0 spiro atoms. The Morgan fingerprint density at radius 1 is 0.213 bits per heavy atom. The first-order valence-electron chi connectivity index (χ1n) is 51.8. The average molecular weight is 1700 g/mol. The van der Waals surface area contributed by atoms with Gasteiger partial charge in [0.05, 0.1) is 14.2 Å². The first-order valence-corrected chi connectivity index (χ1v) is 51.8. The zero-order chi connectivity index (χ0) is 89.2. The zero-order valence-corrected chi connectivity index (χ0v) is 81.9. The lowest BCUT2D eigenvalue weighted by atomic mass is 9.68. The van der Waals surface area contributed by atoms with Crippen LogP contribution >= 0.6 is 0 Å². The lowest BCUT2D eigenvalue weighted by molar-refractivity contribution is 0.165. The topological polar surface area (TPSA) is 18.5 Å². The fourth-order valence-electron chi connectivity index (χ4n) is 24.0. The predicted molar refractivity (Wildman–Crippen MR) is 550 cm³/mol. The third-order valence-corrected chi connectivity index (χ3v) is 33.0. The molecule has 9 fully saturated rings. The first-order chi connectivity index (χ1) is 61.8. The molecule has 0 radical (unpaired) electrons. The highest BCUT2D eigenvalue weighted by Crippen LogP contribution is 2.49. The van der Waals surface area contributed by atoms with Gasteiger partial charge in [-0.25, -0.2) is 0 Å². The van der Waals surface area contributed by atoms with E-state index in [-0.39, 0.29) is 0 Å². The number of rotatable bonds is 15. The molecule has 0 heterocycles. The minimum atomic E-state index is 0.784. The fraction of sp³-hybridized carbons (Fsp3) is 0.536. The molecule has 0 N–H and O–H groups in total. The maximum Gasteiger partial charge on any atom is 0.118 e. The van der Waals surface area contributed by atoms with E-state index in [2.05, 4.69) is 307 Å². The third kappa shape index (κ3) is 31.4. The van der Waals surface area contributed by atoms with Crippen molar-refractivity contribution in [2.45, 2.75) is 337 Å². The summed E-state index contributed by atoms with van der Waals surface area (Å²) >= 11 is 0. The van der Waals surface area contributed by atoms with Gasteiger partial charge < -0.3 is 9.47 Å². The van der Waals surface area contributed by atoms with Gasteiger partial charge >= 0.3 is 0 Å². The summed E-state index contributed by atoms with van der Waals surface area (Å²) in [6, 6.07) is 79.6. The Hall–Kier alpha value is -7.94. The van der Waals surface area contributed by atoms with Crippen LogP contribution in [0.2, 0.25) is 0 Å². The van der Waals surface area contributed by atoms with E-state index in [1.807, 2.05) is 12.1 Å². The molecule has 9 aromatic rings. The van der Waals surface area contributed by atoms with Crippen molar-refractivity contribution in [2.75, 3.05) is 14.2 Å². The van der Waals surface area contributed by atoms with Gasteiger partial charge in [-0.3, -0.25) is 0 Å². The minimum absolute atomic E-state index is 0.784. The molecule has 0 saturated heterocycles. The second-order valence-electron chi connectivity index (χ2n) is 42.3. The number of methoxy groups -OCH3 is 2. The summed E-state index contributed by atoms with van der Waals surface area (Å²) in [6.45, 7) is 28.4. The van der Waals surface area contributed by atoms with Gasteiger partial charge in [0.1, 0.15) is 11.5 Å². The third-order valence-electron chi connectivity index (χ3n) is 33.0. The van der Waals surface area contributed by atoms with Crippen molar-refractivity contribution < 1.29 is 9.47 Å². The van der Waals surface area contributed by atoms with E-state index < -0.39 is 0 Å². The van der Waals surface area contributed by atoms with Gasteiger partial charge in [0, 0.05) is 0 Å². The Balaban J connectivity index is 0.000000135. The summed E-state index contributed by atoms with van der Waals surface area (Å²) in [6.07, 6.45) is 59.1. The number of benzene rings is 9. The molecule has 127 heavy (non-hydrogen) atoms. The van der Waals surface area contributed by atoms with Gasteiger partial charge in [0.2, 0.25) is 0 Å². The van der Waals surface area contributed by atoms with Crippen LogP contribution in [0.3, 0.4) is 0 Å². The lowest BCUT2D eigenvalue weighted by Crippen LogP contribution is -2.25. The number of allylic oxidation sites excluding steroid dienone is 3. The first kappa shape index (κ1) is 98.1. The fourth-order valence-corrected chi connectivity index (χ4v) is 24.0. The van der Waals surface area contributed by atoms with Crippen LogP contribution in [-0.2, 0) is 0 Å². The Bertz CT molecular complexity index is 4360. The summed E-state index contributed by atoms with van der Waals surface area (Å²) in [5.74, 6) is 18.9. The molecular formula is C125H170O2. The largest absolute Gasteiger partial charge is 0.497 e. The molecule has 2 heteroatoms. The van der Waals surface area contributed by atoms with E-state index in [1.54, 1.807) is 36.5 Å². The summed E-state index contributed by atoms with van der Waals surface area (Å²) in [5, 5.41) is 0. The van der Waals surface area contributed by atoms with Crippen molar-refractivity contribution in [1.82, 2.24) is 0 Å². The van der Waals surface area contributed by atoms with Crippen LogP contribution in [0.4, 0.5) is 0 Å². The second kappa shape index (κ2) is 51.6. The zero-order valence-electron chi connectivity index (χ0n) is 81.9. The Morgan fingerprint density at radius 2 is 0.378 bits per heavy atom. The van der Waals surface area contributed by atoms with Gasteiger partial charge in [0.25, 0.3) is 0 Å². The SMILES string of the molecule is C=CC1CCC(C2CCC(c3ccc(C)cc3)CC2)CC1.CC=CC1CCC(C2CCC(c3ccc(C)cc3)CC2)CC1.COc1ccc(-c2ccc(C)cc2)cc1.COc1ccc(C2CCC(C)CC2)cc1.Cc1ccc(-c2ccc(C)cc2)cc1.Cc1ccc(C2CCC(C3CCC(C)CC3)CC2)cc1.Cc1ccc(C2CCC(C3CCC(C)CC3)CC2)cc1. The molecule has 0 aromatic heterocycles. The summed E-state index contributed by atoms with van der Waals surface area (Å²) < 4.78 is 10.3. The predicted octanol–water partition coefficient (Wildman–Crippen LogP) is 36.7. The van der Waals surface area contributed by atoms with Gasteiger partial charge in [-0.1, -0.05) is 311 Å². The molecule has 9 aromatic carbocycles. The minimum Gasteiger partial charge on any atom is -0.497 e. The molecule has 9 aliphatic carbocycles. The van der Waals surface area contributed by atoms with Gasteiger partial charge in [-0.05, 0) is 429 Å².